The van der Waals surface area contributed by atoms with Crippen LogP contribution >= 0.6 is 11.3 Å². The minimum absolute atomic E-state index is 0.771. The van der Waals surface area contributed by atoms with Gasteiger partial charge in [0.15, 0.2) is 0 Å². The molecule has 2 aromatic rings. The van der Waals surface area contributed by atoms with E-state index in [0.29, 0.717) is 0 Å². The van der Waals surface area contributed by atoms with Crippen molar-refractivity contribution < 1.29 is 0 Å². The number of aromatic nitrogens is 2. The molecule has 0 amide bonds. The summed E-state index contributed by atoms with van der Waals surface area (Å²) in [4.78, 5) is 11.1. The average molecular weight is 259 g/mol. The lowest BCUT2D eigenvalue weighted by molar-refractivity contribution is 0.315. The molecule has 2 heterocycles. The molecule has 0 atom stereocenters. The number of hydrogen-bond donors (Lipinski definition) is 0. The largest absolute Gasteiger partial charge is 0.296 e. The Morgan fingerprint density at radius 2 is 2.28 bits per heavy atom. The molecular weight excluding hydrogens is 242 g/mol. The van der Waals surface area contributed by atoms with E-state index in [-0.39, 0.29) is 0 Å². The number of hydrogen-bond acceptors (Lipinski definition) is 4. The zero-order chi connectivity index (χ0) is 12.4. The molecule has 0 radical (unpaired) electrons. The maximum Gasteiger partial charge on any atom is 0.0959 e. The van der Waals surface area contributed by atoms with Crippen molar-refractivity contribution in [3.63, 3.8) is 0 Å². The van der Waals surface area contributed by atoms with Crippen LogP contribution in [-0.4, -0.2) is 21.9 Å². The molecule has 18 heavy (non-hydrogen) atoms. The first-order valence-corrected chi connectivity index (χ1v) is 7.21. The molecule has 0 N–H and O–H groups in total. The summed E-state index contributed by atoms with van der Waals surface area (Å²) in [6.07, 6.45) is 6.40. The second kappa shape index (κ2) is 5.16. The first-order chi connectivity index (χ1) is 8.81. The lowest BCUT2D eigenvalue weighted by Crippen LogP contribution is -2.17. The van der Waals surface area contributed by atoms with E-state index in [9.17, 15) is 0 Å². The zero-order valence-electron chi connectivity index (χ0n) is 10.5. The van der Waals surface area contributed by atoms with Gasteiger partial charge in [0, 0.05) is 36.8 Å². The van der Waals surface area contributed by atoms with E-state index in [0.717, 1.165) is 19.0 Å². The van der Waals surface area contributed by atoms with Gasteiger partial charge < -0.3 is 0 Å². The second-order valence-electron chi connectivity index (χ2n) is 4.98. The Bertz CT molecular complexity index is 505. The summed E-state index contributed by atoms with van der Waals surface area (Å²) < 4.78 is 0. The smallest absolute Gasteiger partial charge is 0.0959 e. The van der Waals surface area contributed by atoms with Crippen LogP contribution in [0.5, 0.6) is 0 Å². The summed E-state index contributed by atoms with van der Waals surface area (Å²) in [5.41, 5.74) is 2.45. The molecule has 4 heteroatoms. The van der Waals surface area contributed by atoms with Gasteiger partial charge in [0.05, 0.1) is 10.7 Å². The first-order valence-electron chi connectivity index (χ1n) is 6.33. The SMILES string of the molecule is CN(Cc1cccnc1)Cc1csc(C2CC2)n1. The van der Waals surface area contributed by atoms with Gasteiger partial charge in [-0.15, -0.1) is 11.3 Å². The van der Waals surface area contributed by atoms with E-state index in [1.54, 1.807) is 0 Å². The van der Waals surface area contributed by atoms with E-state index >= 15 is 0 Å². The van der Waals surface area contributed by atoms with Crippen molar-refractivity contribution in [3.8, 4) is 0 Å². The highest BCUT2D eigenvalue weighted by molar-refractivity contribution is 7.09. The fraction of sp³-hybridized carbons (Fsp3) is 0.429. The van der Waals surface area contributed by atoms with Crippen molar-refractivity contribution in [2.24, 2.45) is 0 Å². The molecule has 3 rings (SSSR count). The second-order valence-corrected chi connectivity index (χ2v) is 5.87. The Morgan fingerprint density at radius 3 is 3.00 bits per heavy atom. The zero-order valence-corrected chi connectivity index (χ0v) is 11.4. The van der Waals surface area contributed by atoms with Gasteiger partial charge in [-0.1, -0.05) is 6.07 Å². The highest BCUT2D eigenvalue weighted by Gasteiger charge is 2.26. The number of nitrogens with zero attached hydrogens (tertiary/aromatic N) is 3. The van der Waals surface area contributed by atoms with Crippen LogP contribution in [0.4, 0.5) is 0 Å². The van der Waals surface area contributed by atoms with Gasteiger partial charge >= 0.3 is 0 Å². The van der Waals surface area contributed by atoms with Gasteiger partial charge in [0.2, 0.25) is 0 Å². The maximum atomic E-state index is 4.72. The van der Waals surface area contributed by atoms with Crippen LogP contribution in [0.1, 0.15) is 35.0 Å². The minimum Gasteiger partial charge on any atom is -0.296 e. The Labute approximate surface area is 112 Å². The predicted octanol–water partition coefficient (Wildman–Crippen LogP) is 3.05. The Hall–Kier alpha value is -1.26. The van der Waals surface area contributed by atoms with Crippen LogP contribution in [0.25, 0.3) is 0 Å². The predicted molar refractivity (Wildman–Crippen MR) is 73.5 cm³/mol. The van der Waals surface area contributed by atoms with Crippen LogP contribution in [-0.2, 0) is 13.1 Å². The summed E-state index contributed by atoms with van der Waals surface area (Å²) in [7, 11) is 2.13. The molecule has 94 valence electrons. The summed E-state index contributed by atoms with van der Waals surface area (Å²) in [6, 6.07) is 4.09. The first kappa shape index (κ1) is 11.8. The molecule has 0 spiro atoms. The standard InChI is InChI=1S/C14H17N3S/c1-17(8-11-3-2-6-15-7-11)9-13-10-18-14(16-13)12-4-5-12/h2-3,6-7,10,12H,4-5,8-9H2,1H3. The summed E-state index contributed by atoms with van der Waals surface area (Å²) >= 11 is 1.82. The number of rotatable bonds is 5. The number of pyridine rings is 1. The highest BCUT2D eigenvalue weighted by atomic mass is 32.1. The molecule has 3 nitrogen and oxygen atoms in total. The number of thiazole rings is 1. The van der Waals surface area contributed by atoms with Gasteiger partial charge in [-0.2, -0.15) is 0 Å². The minimum atomic E-state index is 0.771. The molecule has 2 aromatic heterocycles. The van der Waals surface area contributed by atoms with Crippen molar-refractivity contribution in [3.05, 3.63) is 46.2 Å². The van der Waals surface area contributed by atoms with Crippen LogP contribution in [0.15, 0.2) is 29.9 Å². The van der Waals surface area contributed by atoms with Crippen LogP contribution in [0.3, 0.4) is 0 Å². The summed E-state index contributed by atoms with van der Waals surface area (Å²) in [6.45, 7) is 1.84. The van der Waals surface area contributed by atoms with Crippen molar-refractivity contribution in [2.45, 2.75) is 31.8 Å². The molecule has 1 aliphatic carbocycles. The summed E-state index contributed by atoms with van der Waals surface area (Å²) in [5.74, 6) is 0.771. The monoisotopic (exact) mass is 259 g/mol. The molecule has 0 aromatic carbocycles. The van der Waals surface area contributed by atoms with Crippen LogP contribution in [0.2, 0.25) is 0 Å². The van der Waals surface area contributed by atoms with Gasteiger partial charge in [0.25, 0.3) is 0 Å². The van der Waals surface area contributed by atoms with Crippen molar-refractivity contribution >= 4 is 11.3 Å². The summed E-state index contributed by atoms with van der Waals surface area (Å²) in [5, 5.41) is 3.53. The lowest BCUT2D eigenvalue weighted by Gasteiger charge is -2.14. The normalized spacial score (nSPS) is 15.2. The van der Waals surface area contributed by atoms with E-state index < -0.39 is 0 Å². The molecule has 1 aliphatic rings. The van der Waals surface area contributed by atoms with Gasteiger partial charge in [-0.05, 0) is 31.5 Å². The molecule has 0 bridgehead atoms. The van der Waals surface area contributed by atoms with Crippen molar-refractivity contribution in [1.29, 1.82) is 0 Å². The van der Waals surface area contributed by atoms with E-state index in [1.165, 1.54) is 29.1 Å². The van der Waals surface area contributed by atoms with E-state index in [4.69, 9.17) is 4.98 Å². The van der Waals surface area contributed by atoms with Crippen LogP contribution in [0, 0.1) is 0 Å². The lowest BCUT2D eigenvalue weighted by atomic mass is 10.2. The molecule has 0 aliphatic heterocycles. The topological polar surface area (TPSA) is 29.0 Å². The third kappa shape index (κ3) is 2.94. The quantitative estimate of drug-likeness (QED) is 0.826. The van der Waals surface area contributed by atoms with Crippen molar-refractivity contribution in [2.75, 3.05) is 7.05 Å². The Balaban J connectivity index is 1.58. The molecule has 0 unspecified atom stereocenters. The maximum absolute atomic E-state index is 4.72. The van der Waals surface area contributed by atoms with Gasteiger partial charge in [-0.25, -0.2) is 4.98 Å². The fourth-order valence-corrected chi connectivity index (χ4v) is 3.03. The third-order valence-electron chi connectivity index (χ3n) is 3.10. The van der Waals surface area contributed by atoms with E-state index in [2.05, 4.69) is 28.4 Å². The average Bonchev–Trinajstić information content (AvgIpc) is 3.12. The highest BCUT2D eigenvalue weighted by Crippen LogP contribution is 2.41. The van der Waals surface area contributed by atoms with E-state index in [1.807, 2.05) is 29.8 Å². The van der Waals surface area contributed by atoms with Crippen molar-refractivity contribution in [1.82, 2.24) is 14.9 Å². The van der Waals surface area contributed by atoms with Gasteiger partial charge in [-0.3, -0.25) is 9.88 Å². The fourth-order valence-electron chi connectivity index (χ4n) is 2.05. The van der Waals surface area contributed by atoms with Crippen LogP contribution < -0.4 is 0 Å². The molecule has 0 saturated heterocycles. The Kier molecular flexibility index (Phi) is 3.39. The molecule has 1 fully saturated rings. The third-order valence-corrected chi connectivity index (χ3v) is 4.16. The molecule has 1 saturated carbocycles. The van der Waals surface area contributed by atoms with Gasteiger partial charge in [0.1, 0.15) is 0 Å². The molecular formula is C14H17N3S. The Morgan fingerprint density at radius 1 is 1.39 bits per heavy atom.